The van der Waals surface area contributed by atoms with Crippen molar-refractivity contribution < 1.29 is 0 Å². The molecule has 1 heterocycles. The Bertz CT molecular complexity index is 262. The summed E-state index contributed by atoms with van der Waals surface area (Å²) in [6, 6.07) is 1.46. The van der Waals surface area contributed by atoms with Gasteiger partial charge < -0.3 is 10.6 Å². The highest BCUT2D eigenvalue weighted by Crippen LogP contribution is 2.36. The van der Waals surface area contributed by atoms with Crippen LogP contribution < -0.4 is 5.73 Å². The molecule has 18 heavy (non-hydrogen) atoms. The summed E-state index contributed by atoms with van der Waals surface area (Å²) in [5.74, 6) is 0. The molecule has 3 nitrogen and oxygen atoms in total. The van der Waals surface area contributed by atoms with Gasteiger partial charge in [-0.3, -0.25) is 4.90 Å². The average Bonchev–Trinajstić information content (AvgIpc) is 2.88. The second kappa shape index (κ2) is 5.89. The first kappa shape index (κ1) is 14.3. The molecule has 2 rings (SSSR count). The van der Waals surface area contributed by atoms with Crippen LogP contribution >= 0.6 is 0 Å². The van der Waals surface area contributed by atoms with Crippen LogP contribution in [0.25, 0.3) is 0 Å². The number of likely N-dealkylation sites (tertiary alicyclic amines) is 1. The average molecular weight is 253 g/mol. The van der Waals surface area contributed by atoms with Crippen LogP contribution in [-0.2, 0) is 0 Å². The maximum atomic E-state index is 6.23. The summed E-state index contributed by atoms with van der Waals surface area (Å²) < 4.78 is 0. The third-order valence-electron chi connectivity index (χ3n) is 5.45. The van der Waals surface area contributed by atoms with E-state index in [1.165, 1.54) is 45.1 Å². The van der Waals surface area contributed by atoms with Crippen molar-refractivity contribution in [3.63, 3.8) is 0 Å². The molecule has 1 saturated heterocycles. The Hall–Kier alpha value is -0.120. The predicted octanol–water partition coefficient (Wildman–Crippen LogP) is 2.06. The predicted molar refractivity (Wildman–Crippen MR) is 77.7 cm³/mol. The highest BCUT2D eigenvalue weighted by molar-refractivity contribution is 5.01. The maximum absolute atomic E-state index is 6.23. The van der Waals surface area contributed by atoms with Crippen LogP contribution in [0.3, 0.4) is 0 Å². The molecule has 2 N–H and O–H groups in total. The van der Waals surface area contributed by atoms with Gasteiger partial charge in [0.05, 0.1) is 0 Å². The molecule has 2 aliphatic rings. The van der Waals surface area contributed by atoms with Crippen molar-refractivity contribution in [3.05, 3.63) is 0 Å². The summed E-state index contributed by atoms with van der Waals surface area (Å²) in [5, 5.41) is 0. The minimum absolute atomic E-state index is 0.273. The van der Waals surface area contributed by atoms with Crippen molar-refractivity contribution in [2.45, 2.75) is 70.0 Å². The molecule has 2 unspecified atom stereocenters. The fourth-order valence-corrected chi connectivity index (χ4v) is 4.17. The molecule has 0 radical (unpaired) electrons. The summed E-state index contributed by atoms with van der Waals surface area (Å²) in [6.45, 7) is 7.86. The van der Waals surface area contributed by atoms with Crippen molar-refractivity contribution >= 4 is 0 Å². The van der Waals surface area contributed by atoms with E-state index in [1.54, 1.807) is 0 Å². The van der Waals surface area contributed by atoms with Crippen molar-refractivity contribution in [3.8, 4) is 0 Å². The van der Waals surface area contributed by atoms with E-state index in [9.17, 15) is 0 Å². The Balaban J connectivity index is 2.13. The van der Waals surface area contributed by atoms with Crippen molar-refractivity contribution in [2.75, 3.05) is 26.7 Å². The normalized spacial score (nSPS) is 35.5. The van der Waals surface area contributed by atoms with Gasteiger partial charge in [-0.05, 0) is 52.7 Å². The first-order valence-corrected chi connectivity index (χ1v) is 7.80. The van der Waals surface area contributed by atoms with Crippen LogP contribution in [0.5, 0.6) is 0 Å². The number of piperidine rings is 1. The number of hydrogen-bond donors (Lipinski definition) is 1. The lowest BCUT2D eigenvalue weighted by Crippen LogP contribution is -2.63. The van der Waals surface area contributed by atoms with Crippen LogP contribution in [0.2, 0.25) is 0 Å². The maximum Gasteiger partial charge on any atom is 0.0361 e. The Morgan fingerprint density at radius 3 is 2.50 bits per heavy atom. The molecule has 1 aliphatic carbocycles. The molecule has 2 atom stereocenters. The summed E-state index contributed by atoms with van der Waals surface area (Å²) in [4.78, 5) is 5.25. The standard InChI is InChI=1S/C15H31N3/c1-4-18(14-7-5-6-8-14)15(12-16)9-10-17(3)13(2)11-15/h13-14H,4-12,16H2,1-3H3. The fourth-order valence-electron chi connectivity index (χ4n) is 4.17. The van der Waals surface area contributed by atoms with Gasteiger partial charge >= 0.3 is 0 Å². The minimum atomic E-state index is 0.273. The van der Waals surface area contributed by atoms with Crippen LogP contribution in [-0.4, -0.2) is 54.1 Å². The monoisotopic (exact) mass is 253 g/mol. The number of rotatable bonds is 4. The van der Waals surface area contributed by atoms with Crippen molar-refractivity contribution in [2.24, 2.45) is 5.73 Å². The highest BCUT2D eigenvalue weighted by Gasteiger charge is 2.43. The minimum Gasteiger partial charge on any atom is -0.329 e. The molecular weight excluding hydrogens is 222 g/mol. The lowest BCUT2D eigenvalue weighted by molar-refractivity contribution is -0.0120. The molecule has 0 bridgehead atoms. The Kier molecular flexibility index (Phi) is 4.68. The summed E-state index contributed by atoms with van der Waals surface area (Å²) in [5.41, 5.74) is 6.50. The molecule has 1 aliphatic heterocycles. The van der Waals surface area contributed by atoms with Gasteiger partial charge in [-0.25, -0.2) is 0 Å². The van der Waals surface area contributed by atoms with E-state index in [4.69, 9.17) is 5.73 Å². The zero-order valence-electron chi connectivity index (χ0n) is 12.5. The first-order valence-electron chi connectivity index (χ1n) is 7.80. The third kappa shape index (κ3) is 2.59. The van der Waals surface area contributed by atoms with Crippen LogP contribution in [0, 0.1) is 0 Å². The number of nitrogens with zero attached hydrogens (tertiary/aromatic N) is 2. The number of hydrogen-bond acceptors (Lipinski definition) is 3. The molecule has 0 spiro atoms. The molecule has 3 heteroatoms. The molecule has 0 aromatic heterocycles. The van der Waals surface area contributed by atoms with Crippen LogP contribution in [0.4, 0.5) is 0 Å². The van der Waals surface area contributed by atoms with E-state index in [2.05, 4.69) is 30.7 Å². The SMILES string of the molecule is CCN(C1CCCC1)C1(CN)CCN(C)C(C)C1. The lowest BCUT2D eigenvalue weighted by Gasteiger charge is -2.52. The number of likely N-dealkylation sites (N-methyl/N-ethyl adjacent to an activating group) is 1. The van der Waals surface area contributed by atoms with E-state index < -0.39 is 0 Å². The first-order chi connectivity index (χ1) is 8.63. The molecule has 106 valence electrons. The summed E-state index contributed by atoms with van der Waals surface area (Å²) in [6.07, 6.45) is 8.09. The van der Waals surface area contributed by atoms with Gasteiger partial charge in [0.1, 0.15) is 0 Å². The van der Waals surface area contributed by atoms with Gasteiger partial charge in [-0.15, -0.1) is 0 Å². The smallest absolute Gasteiger partial charge is 0.0361 e. The van der Waals surface area contributed by atoms with Gasteiger partial charge in [-0.1, -0.05) is 19.8 Å². The molecule has 2 fully saturated rings. The molecule has 0 aromatic carbocycles. The zero-order valence-corrected chi connectivity index (χ0v) is 12.5. The van der Waals surface area contributed by atoms with Gasteiger partial charge in [-0.2, -0.15) is 0 Å². The highest BCUT2D eigenvalue weighted by atomic mass is 15.3. The number of nitrogens with two attached hydrogens (primary N) is 1. The van der Waals surface area contributed by atoms with E-state index in [1.807, 2.05) is 0 Å². The Morgan fingerprint density at radius 1 is 1.33 bits per heavy atom. The third-order valence-corrected chi connectivity index (χ3v) is 5.45. The van der Waals surface area contributed by atoms with Gasteiger partial charge in [0.15, 0.2) is 0 Å². The molecule has 1 saturated carbocycles. The van der Waals surface area contributed by atoms with Gasteiger partial charge in [0.25, 0.3) is 0 Å². The van der Waals surface area contributed by atoms with Crippen molar-refractivity contribution in [1.82, 2.24) is 9.80 Å². The van der Waals surface area contributed by atoms with E-state index in [-0.39, 0.29) is 5.54 Å². The van der Waals surface area contributed by atoms with Gasteiger partial charge in [0, 0.05) is 24.2 Å². The second-order valence-electron chi connectivity index (χ2n) is 6.44. The molecule has 0 amide bonds. The van der Waals surface area contributed by atoms with Gasteiger partial charge in [0.2, 0.25) is 0 Å². The topological polar surface area (TPSA) is 32.5 Å². The van der Waals surface area contributed by atoms with Crippen molar-refractivity contribution in [1.29, 1.82) is 0 Å². The zero-order chi connectivity index (χ0) is 13.2. The quantitative estimate of drug-likeness (QED) is 0.832. The Labute approximate surface area is 113 Å². The van der Waals surface area contributed by atoms with E-state index in [0.717, 1.165) is 19.1 Å². The van der Waals surface area contributed by atoms with E-state index >= 15 is 0 Å². The van der Waals surface area contributed by atoms with Crippen LogP contribution in [0.1, 0.15) is 52.4 Å². The van der Waals surface area contributed by atoms with E-state index in [0.29, 0.717) is 6.04 Å². The fraction of sp³-hybridized carbons (Fsp3) is 1.00. The molecular formula is C15H31N3. The van der Waals surface area contributed by atoms with Crippen LogP contribution in [0.15, 0.2) is 0 Å². The summed E-state index contributed by atoms with van der Waals surface area (Å²) >= 11 is 0. The summed E-state index contributed by atoms with van der Waals surface area (Å²) in [7, 11) is 2.25. The lowest BCUT2D eigenvalue weighted by atomic mass is 9.81. The largest absolute Gasteiger partial charge is 0.329 e. The Morgan fingerprint density at radius 2 is 2.00 bits per heavy atom. The molecule has 0 aromatic rings. The second-order valence-corrected chi connectivity index (χ2v) is 6.44.